The number of likely N-dealkylation sites (tertiary alicyclic amines) is 1. The van der Waals surface area contributed by atoms with Crippen molar-refractivity contribution in [2.24, 2.45) is 0 Å². The van der Waals surface area contributed by atoms with E-state index in [1.165, 1.54) is 7.11 Å². The maximum absolute atomic E-state index is 9.38. The van der Waals surface area contributed by atoms with Crippen LogP contribution in [0.25, 0.3) is 0 Å². The van der Waals surface area contributed by atoms with Gasteiger partial charge < -0.3 is 19.8 Å². The number of ether oxygens (including phenoxy) is 1. The molecule has 2 atom stereocenters. The molecule has 0 radical (unpaired) electrons. The molecule has 1 saturated heterocycles. The SMILES string of the molecule is COC1C(O)CN(C)CC1O. The number of hydrogen-bond donors (Lipinski definition) is 2. The van der Waals surface area contributed by atoms with E-state index in [2.05, 4.69) is 0 Å². The molecule has 4 nitrogen and oxygen atoms in total. The number of likely N-dealkylation sites (N-methyl/N-ethyl adjacent to an activating group) is 1. The molecule has 1 aliphatic rings. The van der Waals surface area contributed by atoms with Crippen molar-refractivity contribution in [2.45, 2.75) is 18.3 Å². The summed E-state index contributed by atoms with van der Waals surface area (Å²) in [7, 11) is 3.36. The highest BCUT2D eigenvalue weighted by molar-refractivity contribution is 4.85. The molecule has 11 heavy (non-hydrogen) atoms. The number of methoxy groups -OCH3 is 1. The second kappa shape index (κ2) is 3.49. The van der Waals surface area contributed by atoms with Gasteiger partial charge in [0.15, 0.2) is 0 Å². The van der Waals surface area contributed by atoms with Gasteiger partial charge in [-0.3, -0.25) is 0 Å². The number of rotatable bonds is 1. The van der Waals surface area contributed by atoms with Crippen molar-refractivity contribution in [3.05, 3.63) is 0 Å². The molecule has 1 rings (SSSR count). The molecule has 1 fully saturated rings. The molecule has 0 aromatic rings. The summed E-state index contributed by atoms with van der Waals surface area (Å²) in [6, 6.07) is 0. The molecule has 0 amide bonds. The lowest BCUT2D eigenvalue weighted by molar-refractivity contribution is -0.121. The van der Waals surface area contributed by atoms with Gasteiger partial charge in [-0.05, 0) is 7.05 Å². The molecule has 4 heteroatoms. The number of aliphatic hydroxyl groups is 2. The molecule has 1 heterocycles. The zero-order valence-corrected chi connectivity index (χ0v) is 6.90. The third kappa shape index (κ3) is 1.90. The Morgan fingerprint density at radius 3 is 2.09 bits per heavy atom. The quantitative estimate of drug-likeness (QED) is 0.500. The summed E-state index contributed by atoms with van der Waals surface area (Å²) in [5, 5.41) is 18.8. The lowest BCUT2D eigenvalue weighted by Crippen LogP contribution is -2.54. The van der Waals surface area contributed by atoms with Crippen molar-refractivity contribution in [1.82, 2.24) is 4.90 Å². The topological polar surface area (TPSA) is 52.9 Å². The Morgan fingerprint density at radius 1 is 1.27 bits per heavy atom. The highest BCUT2D eigenvalue weighted by Crippen LogP contribution is 2.12. The normalized spacial score (nSPS) is 40.9. The summed E-state index contributed by atoms with van der Waals surface area (Å²) in [4.78, 5) is 1.88. The van der Waals surface area contributed by atoms with Gasteiger partial charge in [0, 0.05) is 20.2 Å². The minimum Gasteiger partial charge on any atom is -0.389 e. The maximum atomic E-state index is 9.38. The third-order valence-corrected chi connectivity index (χ3v) is 2.03. The smallest absolute Gasteiger partial charge is 0.111 e. The first-order valence-electron chi connectivity index (χ1n) is 3.72. The van der Waals surface area contributed by atoms with E-state index in [9.17, 15) is 10.2 Å². The van der Waals surface area contributed by atoms with Crippen LogP contribution in [0, 0.1) is 0 Å². The molecule has 0 spiro atoms. The fourth-order valence-corrected chi connectivity index (χ4v) is 1.49. The molecule has 66 valence electrons. The molecular weight excluding hydrogens is 146 g/mol. The van der Waals surface area contributed by atoms with E-state index >= 15 is 0 Å². The van der Waals surface area contributed by atoms with Crippen LogP contribution in [0.2, 0.25) is 0 Å². The van der Waals surface area contributed by atoms with Crippen LogP contribution in [0.4, 0.5) is 0 Å². The van der Waals surface area contributed by atoms with Gasteiger partial charge in [-0.1, -0.05) is 0 Å². The minimum absolute atomic E-state index is 0.425. The Hall–Kier alpha value is -0.160. The van der Waals surface area contributed by atoms with Crippen LogP contribution < -0.4 is 0 Å². The van der Waals surface area contributed by atoms with Gasteiger partial charge in [0.05, 0.1) is 12.2 Å². The monoisotopic (exact) mass is 161 g/mol. The van der Waals surface area contributed by atoms with Crippen LogP contribution in [0.15, 0.2) is 0 Å². The van der Waals surface area contributed by atoms with Crippen LogP contribution in [-0.2, 0) is 4.74 Å². The first-order chi connectivity index (χ1) is 5.15. The zero-order chi connectivity index (χ0) is 8.43. The Labute approximate surface area is 66.4 Å². The molecule has 0 bridgehead atoms. The van der Waals surface area contributed by atoms with Gasteiger partial charge in [-0.2, -0.15) is 0 Å². The third-order valence-electron chi connectivity index (χ3n) is 2.03. The lowest BCUT2D eigenvalue weighted by Gasteiger charge is -2.36. The van der Waals surface area contributed by atoms with Crippen LogP contribution in [0.3, 0.4) is 0 Å². The highest BCUT2D eigenvalue weighted by atomic mass is 16.5. The van der Waals surface area contributed by atoms with Crippen LogP contribution in [0.1, 0.15) is 0 Å². The number of hydrogen-bond acceptors (Lipinski definition) is 4. The van der Waals surface area contributed by atoms with Crippen molar-refractivity contribution in [3.8, 4) is 0 Å². The van der Waals surface area contributed by atoms with Crippen molar-refractivity contribution < 1.29 is 14.9 Å². The van der Waals surface area contributed by atoms with E-state index in [-0.39, 0.29) is 0 Å². The van der Waals surface area contributed by atoms with E-state index in [1.807, 2.05) is 11.9 Å². The van der Waals surface area contributed by atoms with Crippen molar-refractivity contribution in [1.29, 1.82) is 0 Å². The highest BCUT2D eigenvalue weighted by Gasteiger charge is 2.33. The Balaban J connectivity index is 2.52. The predicted molar refractivity (Wildman–Crippen MR) is 40.3 cm³/mol. The summed E-state index contributed by atoms with van der Waals surface area (Å²) in [5.74, 6) is 0. The van der Waals surface area contributed by atoms with Crippen molar-refractivity contribution >= 4 is 0 Å². The average Bonchev–Trinajstić information content (AvgIpc) is 1.85. The second-order valence-corrected chi connectivity index (χ2v) is 3.06. The van der Waals surface area contributed by atoms with Gasteiger partial charge >= 0.3 is 0 Å². The van der Waals surface area contributed by atoms with E-state index in [1.54, 1.807) is 0 Å². The predicted octanol–water partition coefficient (Wildman–Crippen LogP) is -1.33. The average molecular weight is 161 g/mol. The second-order valence-electron chi connectivity index (χ2n) is 3.06. The number of aliphatic hydroxyl groups excluding tert-OH is 2. The Kier molecular flexibility index (Phi) is 2.84. The van der Waals surface area contributed by atoms with Gasteiger partial charge in [0.1, 0.15) is 6.10 Å². The standard InChI is InChI=1S/C7H15NO3/c1-8-3-5(9)7(11-2)6(10)4-8/h5-7,9-10H,3-4H2,1-2H3. The van der Waals surface area contributed by atoms with E-state index in [4.69, 9.17) is 4.74 Å². The molecule has 2 N–H and O–H groups in total. The summed E-state index contributed by atoms with van der Waals surface area (Å²) in [6.45, 7) is 1.13. The van der Waals surface area contributed by atoms with Gasteiger partial charge in [-0.25, -0.2) is 0 Å². The van der Waals surface area contributed by atoms with E-state index in [0.29, 0.717) is 13.1 Å². The fourth-order valence-electron chi connectivity index (χ4n) is 1.49. The van der Waals surface area contributed by atoms with Crippen LogP contribution >= 0.6 is 0 Å². The maximum Gasteiger partial charge on any atom is 0.111 e. The Morgan fingerprint density at radius 2 is 1.73 bits per heavy atom. The lowest BCUT2D eigenvalue weighted by atomic mass is 10.0. The minimum atomic E-state index is -0.575. The first kappa shape index (κ1) is 8.93. The first-order valence-corrected chi connectivity index (χ1v) is 3.72. The Bertz CT molecular complexity index is 119. The largest absolute Gasteiger partial charge is 0.389 e. The van der Waals surface area contributed by atoms with Crippen molar-refractivity contribution in [2.75, 3.05) is 27.2 Å². The zero-order valence-electron chi connectivity index (χ0n) is 6.90. The molecule has 0 aromatic carbocycles. The summed E-state index contributed by atoms with van der Waals surface area (Å²) >= 11 is 0. The van der Waals surface area contributed by atoms with Crippen LogP contribution in [0.5, 0.6) is 0 Å². The molecule has 0 aliphatic carbocycles. The number of β-amino-alcohol motifs (C(OH)–C–C–N with tert-alkyl or cyclic N) is 2. The van der Waals surface area contributed by atoms with Crippen molar-refractivity contribution in [3.63, 3.8) is 0 Å². The van der Waals surface area contributed by atoms with E-state index < -0.39 is 18.3 Å². The molecule has 1 aliphatic heterocycles. The summed E-state index contributed by atoms with van der Waals surface area (Å²) < 4.78 is 4.94. The van der Waals surface area contributed by atoms with Crippen LogP contribution in [-0.4, -0.2) is 60.7 Å². The van der Waals surface area contributed by atoms with Gasteiger partial charge in [-0.15, -0.1) is 0 Å². The fraction of sp³-hybridized carbons (Fsp3) is 1.00. The molecule has 0 saturated carbocycles. The van der Waals surface area contributed by atoms with Gasteiger partial charge in [0.25, 0.3) is 0 Å². The van der Waals surface area contributed by atoms with E-state index in [0.717, 1.165) is 0 Å². The molecule has 2 unspecified atom stereocenters. The summed E-state index contributed by atoms with van der Waals surface area (Å²) in [6.07, 6.45) is -1.58. The van der Waals surface area contributed by atoms with Gasteiger partial charge in [0.2, 0.25) is 0 Å². The molecular formula is C7H15NO3. The number of nitrogens with zero attached hydrogens (tertiary/aromatic N) is 1. The molecule has 0 aromatic heterocycles. The number of piperidine rings is 1. The summed E-state index contributed by atoms with van der Waals surface area (Å²) in [5.41, 5.74) is 0.